The van der Waals surface area contributed by atoms with Crippen molar-refractivity contribution < 1.29 is 0 Å². The van der Waals surface area contributed by atoms with Gasteiger partial charge in [0.15, 0.2) is 0 Å². The molecule has 2 aromatic rings. The standard InChI is InChI=1S/C10H15N5S/c1-6-10(16-7(2)13-6)9(14-11)8-4-12-15(3)5-8/h4-5,9,14H,11H2,1-3H3. The van der Waals surface area contributed by atoms with Crippen molar-refractivity contribution in [1.29, 1.82) is 0 Å². The van der Waals surface area contributed by atoms with Crippen LogP contribution in [0, 0.1) is 13.8 Å². The zero-order valence-electron chi connectivity index (χ0n) is 9.56. The Morgan fingerprint density at radius 1 is 1.50 bits per heavy atom. The Kier molecular flexibility index (Phi) is 3.04. The zero-order valence-corrected chi connectivity index (χ0v) is 10.4. The lowest BCUT2D eigenvalue weighted by Crippen LogP contribution is -2.28. The fourth-order valence-corrected chi connectivity index (χ4v) is 2.74. The normalized spacial score (nSPS) is 13.0. The lowest BCUT2D eigenvalue weighted by molar-refractivity contribution is 0.641. The SMILES string of the molecule is Cc1nc(C)c(C(NN)c2cnn(C)c2)s1. The molecule has 0 aliphatic carbocycles. The van der Waals surface area contributed by atoms with Crippen LogP contribution in [0.5, 0.6) is 0 Å². The van der Waals surface area contributed by atoms with Crippen LogP contribution in [0.15, 0.2) is 12.4 Å². The van der Waals surface area contributed by atoms with Crippen LogP contribution >= 0.6 is 11.3 Å². The second-order valence-corrected chi connectivity index (χ2v) is 4.96. The first-order valence-corrected chi connectivity index (χ1v) is 5.82. The van der Waals surface area contributed by atoms with E-state index in [-0.39, 0.29) is 6.04 Å². The van der Waals surface area contributed by atoms with Gasteiger partial charge >= 0.3 is 0 Å². The molecular formula is C10H15N5S. The van der Waals surface area contributed by atoms with E-state index in [2.05, 4.69) is 15.5 Å². The highest BCUT2D eigenvalue weighted by atomic mass is 32.1. The number of rotatable bonds is 3. The van der Waals surface area contributed by atoms with Gasteiger partial charge in [-0.3, -0.25) is 10.5 Å². The first kappa shape index (κ1) is 11.3. The Bertz CT molecular complexity index is 487. The minimum Gasteiger partial charge on any atom is -0.275 e. The van der Waals surface area contributed by atoms with Gasteiger partial charge in [0.2, 0.25) is 0 Å². The topological polar surface area (TPSA) is 68.8 Å². The maximum atomic E-state index is 5.62. The van der Waals surface area contributed by atoms with Crippen LogP contribution in [0.2, 0.25) is 0 Å². The predicted octanol–water partition coefficient (Wildman–Crippen LogP) is 1.05. The first-order chi connectivity index (χ1) is 7.61. The van der Waals surface area contributed by atoms with Crippen molar-refractivity contribution in [3.63, 3.8) is 0 Å². The number of nitrogens with zero attached hydrogens (tertiary/aromatic N) is 3. The zero-order chi connectivity index (χ0) is 11.7. The summed E-state index contributed by atoms with van der Waals surface area (Å²) in [5.41, 5.74) is 4.89. The van der Waals surface area contributed by atoms with Gasteiger partial charge < -0.3 is 0 Å². The Morgan fingerprint density at radius 3 is 2.69 bits per heavy atom. The first-order valence-electron chi connectivity index (χ1n) is 5.00. The van der Waals surface area contributed by atoms with Crippen LogP contribution in [-0.4, -0.2) is 14.8 Å². The van der Waals surface area contributed by atoms with Crippen molar-refractivity contribution in [2.75, 3.05) is 0 Å². The Labute approximate surface area is 98.3 Å². The lowest BCUT2D eigenvalue weighted by atomic mass is 10.1. The lowest BCUT2D eigenvalue weighted by Gasteiger charge is -2.12. The van der Waals surface area contributed by atoms with Gasteiger partial charge in [-0.05, 0) is 13.8 Å². The summed E-state index contributed by atoms with van der Waals surface area (Å²) in [5, 5.41) is 5.21. The Hall–Kier alpha value is -1.24. The minimum atomic E-state index is -0.0279. The van der Waals surface area contributed by atoms with Crippen molar-refractivity contribution in [3.8, 4) is 0 Å². The number of hydrazine groups is 1. The molecule has 0 bridgehead atoms. The highest BCUT2D eigenvalue weighted by molar-refractivity contribution is 7.11. The molecule has 0 amide bonds. The van der Waals surface area contributed by atoms with Gasteiger partial charge in [-0.2, -0.15) is 5.10 Å². The number of nitrogens with one attached hydrogen (secondary N) is 1. The summed E-state index contributed by atoms with van der Waals surface area (Å²) in [6.45, 7) is 4.00. The number of hydrogen-bond donors (Lipinski definition) is 2. The highest BCUT2D eigenvalue weighted by Gasteiger charge is 2.19. The highest BCUT2D eigenvalue weighted by Crippen LogP contribution is 2.28. The monoisotopic (exact) mass is 237 g/mol. The van der Waals surface area contributed by atoms with E-state index < -0.39 is 0 Å². The number of nitrogens with two attached hydrogens (primary N) is 1. The fourth-order valence-electron chi connectivity index (χ4n) is 1.73. The molecule has 0 aromatic carbocycles. The van der Waals surface area contributed by atoms with Crippen LogP contribution < -0.4 is 11.3 Å². The van der Waals surface area contributed by atoms with Crippen LogP contribution in [-0.2, 0) is 7.05 Å². The van der Waals surface area contributed by atoms with E-state index >= 15 is 0 Å². The van der Waals surface area contributed by atoms with Crippen LogP contribution in [0.25, 0.3) is 0 Å². The third kappa shape index (κ3) is 1.99. The third-order valence-corrected chi connectivity index (χ3v) is 3.56. The van der Waals surface area contributed by atoms with E-state index in [1.54, 1.807) is 16.0 Å². The largest absolute Gasteiger partial charge is 0.275 e. The predicted molar refractivity (Wildman–Crippen MR) is 64.0 cm³/mol. The average molecular weight is 237 g/mol. The molecule has 0 saturated carbocycles. The third-order valence-electron chi connectivity index (χ3n) is 2.43. The molecule has 0 radical (unpaired) electrons. The molecule has 2 rings (SSSR count). The summed E-state index contributed by atoms with van der Waals surface area (Å²) >= 11 is 1.66. The van der Waals surface area contributed by atoms with Crippen LogP contribution in [0.4, 0.5) is 0 Å². The quantitative estimate of drug-likeness (QED) is 0.618. The van der Waals surface area contributed by atoms with E-state index in [1.807, 2.05) is 33.3 Å². The number of hydrogen-bond acceptors (Lipinski definition) is 5. The van der Waals surface area contributed by atoms with Crippen molar-refractivity contribution in [2.24, 2.45) is 12.9 Å². The summed E-state index contributed by atoms with van der Waals surface area (Å²) in [6, 6.07) is -0.0279. The fraction of sp³-hybridized carbons (Fsp3) is 0.400. The van der Waals surface area contributed by atoms with Gasteiger partial charge in [0.05, 0.1) is 27.8 Å². The Morgan fingerprint density at radius 2 is 2.25 bits per heavy atom. The van der Waals surface area contributed by atoms with Gasteiger partial charge in [0, 0.05) is 18.8 Å². The molecule has 0 saturated heterocycles. The van der Waals surface area contributed by atoms with Gasteiger partial charge in [-0.1, -0.05) is 0 Å². The summed E-state index contributed by atoms with van der Waals surface area (Å²) in [7, 11) is 1.89. The summed E-state index contributed by atoms with van der Waals surface area (Å²) in [4.78, 5) is 5.55. The maximum absolute atomic E-state index is 5.62. The molecule has 0 aliphatic rings. The van der Waals surface area contributed by atoms with E-state index in [1.165, 1.54) is 0 Å². The van der Waals surface area contributed by atoms with E-state index in [0.29, 0.717) is 0 Å². The molecule has 5 nitrogen and oxygen atoms in total. The molecule has 0 aliphatic heterocycles. The number of aryl methyl sites for hydroxylation is 3. The van der Waals surface area contributed by atoms with Crippen molar-refractivity contribution in [3.05, 3.63) is 33.5 Å². The average Bonchev–Trinajstić information content (AvgIpc) is 2.76. The summed E-state index contributed by atoms with van der Waals surface area (Å²) in [6.07, 6.45) is 3.78. The molecule has 6 heteroatoms. The molecule has 0 fully saturated rings. The molecular weight excluding hydrogens is 222 g/mol. The second kappa shape index (κ2) is 4.32. The molecule has 3 N–H and O–H groups in total. The Balaban J connectivity index is 2.40. The maximum Gasteiger partial charge on any atom is 0.0900 e. The van der Waals surface area contributed by atoms with E-state index in [0.717, 1.165) is 21.1 Å². The molecule has 0 spiro atoms. The molecule has 16 heavy (non-hydrogen) atoms. The van der Waals surface area contributed by atoms with Gasteiger partial charge in [-0.15, -0.1) is 11.3 Å². The summed E-state index contributed by atoms with van der Waals surface area (Å²) in [5.74, 6) is 5.62. The summed E-state index contributed by atoms with van der Waals surface area (Å²) < 4.78 is 1.77. The van der Waals surface area contributed by atoms with E-state index in [4.69, 9.17) is 5.84 Å². The molecule has 86 valence electrons. The molecule has 2 aromatic heterocycles. The molecule has 2 heterocycles. The van der Waals surface area contributed by atoms with Crippen molar-refractivity contribution in [1.82, 2.24) is 20.2 Å². The van der Waals surface area contributed by atoms with Crippen molar-refractivity contribution >= 4 is 11.3 Å². The van der Waals surface area contributed by atoms with Crippen LogP contribution in [0.3, 0.4) is 0 Å². The van der Waals surface area contributed by atoms with Gasteiger partial charge in [-0.25, -0.2) is 10.4 Å². The van der Waals surface area contributed by atoms with Gasteiger partial charge in [0.1, 0.15) is 0 Å². The number of aromatic nitrogens is 3. The van der Waals surface area contributed by atoms with E-state index in [9.17, 15) is 0 Å². The van der Waals surface area contributed by atoms with Crippen molar-refractivity contribution in [2.45, 2.75) is 19.9 Å². The van der Waals surface area contributed by atoms with Gasteiger partial charge in [0.25, 0.3) is 0 Å². The van der Waals surface area contributed by atoms with Crippen LogP contribution in [0.1, 0.15) is 27.2 Å². The molecule has 1 atom stereocenters. The molecule has 1 unspecified atom stereocenters. The smallest absolute Gasteiger partial charge is 0.0900 e. The number of thiazole rings is 1. The minimum absolute atomic E-state index is 0.0279. The second-order valence-electron chi connectivity index (χ2n) is 3.73.